The van der Waals surface area contributed by atoms with Gasteiger partial charge in [-0.2, -0.15) is 0 Å². The van der Waals surface area contributed by atoms with Gasteiger partial charge in [0.2, 0.25) is 0 Å². The number of hydrogen-bond acceptors (Lipinski definition) is 6. The molecule has 4 rings (SSSR count). The van der Waals surface area contributed by atoms with Crippen LogP contribution in [0.25, 0.3) is 16.7 Å². The number of carbonyl (C=O) groups is 1. The van der Waals surface area contributed by atoms with Gasteiger partial charge in [0, 0.05) is 31.0 Å². The van der Waals surface area contributed by atoms with Crippen LogP contribution in [0.2, 0.25) is 0 Å². The number of benzene rings is 1. The Hall–Kier alpha value is -4.17. The van der Waals surface area contributed by atoms with Crippen molar-refractivity contribution in [1.82, 2.24) is 19.0 Å². The second-order valence-corrected chi connectivity index (χ2v) is 8.49. The van der Waals surface area contributed by atoms with E-state index >= 15 is 0 Å². The first-order valence-corrected chi connectivity index (χ1v) is 11.7. The highest BCUT2D eigenvalue weighted by Gasteiger charge is 2.29. The zero-order valence-electron chi connectivity index (χ0n) is 20.6. The number of carbonyl (C=O) groups excluding carboxylic acids is 1. The number of aromatic nitrogens is 3. The van der Waals surface area contributed by atoms with Crippen LogP contribution in [0.1, 0.15) is 19.4 Å². The smallest absolute Gasteiger partial charge is 0.334 e. The Morgan fingerprint density at radius 1 is 1.22 bits per heavy atom. The Labute approximate surface area is 210 Å². The van der Waals surface area contributed by atoms with Gasteiger partial charge in [-0.25, -0.2) is 4.79 Å². The molecule has 186 valence electrons. The first kappa shape index (κ1) is 24.9. The molecule has 0 radical (unpaired) electrons. The van der Waals surface area contributed by atoms with Crippen molar-refractivity contribution >= 4 is 22.5 Å². The third kappa shape index (κ3) is 5.23. The Bertz CT molecular complexity index is 1410. The van der Waals surface area contributed by atoms with E-state index in [9.17, 15) is 9.59 Å². The van der Waals surface area contributed by atoms with Crippen molar-refractivity contribution in [1.29, 1.82) is 0 Å². The summed E-state index contributed by atoms with van der Waals surface area (Å²) >= 11 is 0. The maximum Gasteiger partial charge on any atom is 0.334 e. The van der Waals surface area contributed by atoms with Crippen molar-refractivity contribution < 1.29 is 14.3 Å². The zero-order valence-corrected chi connectivity index (χ0v) is 20.6. The summed E-state index contributed by atoms with van der Waals surface area (Å²) in [5.41, 5.74) is 2.03. The van der Waals surface area contributed by atoms with Crippen molar-refractivity contribution in [2.24, 2.45) is 0 Å². The van der Waals surface area contributed by atoms with Crippen LogP contribution in [-0.4, -0.2) is 51.5 Å². The Balaban J connectivity index is 1.61. The number of rotatable bonds is 10. The van der Waals surface area contributed by atoms with Gasteiger partial charge in [0.25, 0.3) is 0 Å². The average Bonchev–Trinajstić information content (AvgIpc) is 3.46. The summed E-state index contributed by atoms with van der Waals surface area (Å²) in [5, 5.41) is 0. The number of imidazole rings is 1. The molecule has 1 aliphatic heterocycles. The minimum Gasteiger partial charge on any atom is -0.497 e. The Morgan fingerprint density at radius 3 is 2.78 bits per heavy atom. The van der Waals surface area contributed by atoms with E-state index < -0.39 is 0 Å². The lowest BCUT2D eigenvalue weighted by molar-refractivity contribution is -0.115. The molecule has 8 heteroatoms. The number of allylic oxidation sites excluding steroid dienone is 4. The van der Waals surface area contributed by atoms with E-state index in [2.05, 4.69) is 23.0 Å². The molecule has 0 saturated carbocycles. The number of pyridine rings is 1. The van der Waals surface area contributed by atoms with Crippen LogP contribution < -0.4 is 15.2 Å². The second kappa shape index (κ2) is 11.0. The van der Waals surface area contributed by atoms with Crippen molar-refractivity contribution in [2.75, 3.05) is 26.7 Å². The number of fused-ring (bicyclic) bond motifs is 1. The van der Waals surface area contributed by atoms with Crippen LogP contribution in [0.15, 0.2) is 90.7 Å². The molecule has 0 spiro atoms. The normalized spacial score (nSPS) is 16.5. The molecule has 3 heterocycles. The zero-order chi connectivity index (χ0) is 25.7. The van der Waals surface area contributed by atoms with Crippen LogP contribution in [0.3, 0.4) is 0 Å². The van der Waals surface area contributed by atoms with Gasteiger partial charge >= 0.3 is 5.69 Å². The molecule has 0 N–H and O–H groups in total. The monoisotopic (exact) mass is 486 g/mol. The fraction of sp³-hybridized carbons (Fsp3) is 0.250. The molecule has 8 nitrogen and oxygen atoms in total. The summed E-state index contributed by atoms with van der Waals surface area (Å²) in [7, 11) is 1.60. The molecule has 2 aromatic heterocycles. The quantitative estimate of drug-likeness (QED) is 0.243. The topological polar surface area (TPSA) is 78.6 Å². The Kier molecular flexibility index (Phi) is 7.65. The number of hydrogen-bond donors (Lipinski definition) is 0. The van der Waals surface area contributed by atoms with E-state index in [-0.39, 0.29) is 17.5 Å². The second-order valence-electron chi connectivity index (χ2n) is 8.49. The van der Waals surface area contributed by atoms with Gasteiger partial charge in [-0.05, 0) is 49.8 Å². The van der Waals surface area contributed by atoms with E-state index in [4.69, 9.17) is 9.47 Å². The van der Waals surface area contributed by atoms with Crippen LogP contribution in [-0.2, 0) is 4.79 Å². The van der Waals surface area contributed by atoms with Crippen LogP contribution in [0, 0.1) is 0 Å². The van der Waals surface area contributed by atoms with E-state index in [0.717, 1.165) is 18.5 Å². The summed E-state index contributed by atoms with van der Waals surface area (Å²) in [5.74, 6) is 1.68. The first-order chi connectivity index (χ1) is 17.4. The number of ether oxygens (including phenoxy) is 2. The van der Waals surface area contributed by atoms with E-state index in [0.29, 0.717) is 41.6 Å². The van der Waals surface area contributed by atoms with Crippen molar-refractivity contribution in [3.8, 4) is 11.5 Å². The predicted octanol–water partition coefficient (Wildman–Crippen LogP) is 4.22. The van der Waals surface area contributed by atoms with Gasteiger partial charge in [-0.3, -0.25) is 23.8 Å². The number of likely N-dealkylation sites (tertiary alicyclic amines) is 1. The molecule has 1 aromatic carbocycles. The van der Waals surface area contributed by atoms with Gasteiger partial charge in [0.1, 0.15) is 17.3 Å². The number of nitrogens with zero attached hydrogens (tertiary/aromatic N) is 4. The van der Waals surface area contributed by atoms with Crippen molar-refractivity contribution in [3.05, 3.63) is 96.4 Å². The molecule has 1 fully saturated rings. The first-order valence-electron chi connectivity index (χ1n) is 11.7. The number of methoxy groups -OCH3 is 1. The summed E-state index contributed by atoms with van der Waals surface area (Å²) in [6.07, 6.45) is 10.9. The molecule has 1 aliphatic rings. The molecule has 0 bridgehead atoms. The van der Waals surface area contributed by atoms with Crippen molar-refractivity contribution in [3.63, 3.8) is 0 Å². The molecule has 3 aromatic rings. The summed E-state index contributed by atoms with van der Waals surface area (Å²) in [6.45, 7) is 11.1. The van der Waals surface area contributed by atoms with Gasteiger partial charge in [0.15, 0.2) is 5.78 Å². The minimum atomic E-state index is -0.156. The summed E-state index contributed by atoms with van der Waals surface area (Å²) < 4.78 is 14.5. The molecule has 36 heavy (non-hydrogen) atoms. The SMILES string of the molecule is C=CC(=O)CN1CC[C@@H](n2c(=O)n(C(/C=C\C(=C)Oc3cccc(OC)c3)=C/C)c3cnccc32)C1. The highest BCUT2D eigenvalue weighted by Crippen LogP contribution is 2.26. The summed E-state index contributed by atoms with van der Waals surface area (Å²) in [6, 6.07) is 9.06. The van der Waals surface area contributed by atoms with E-state index in [1.165, 1.54) is 6.08 Å². The fourth-order valence-corrected chi connectivity index (χ4v) is 4.45. The van der Waals surface area contributed by atoms with Crippen LogP contribution >= 0.6 is 0 Å². The predicted molar refractivity (Wildman–Crippen MR) is 141 cm³/mol. The average molecular weight is 487 g/mol. The number of ketones is 1. The van der Waals surface area contributed by atoms with Crippen LogP contribution in [0.4, 0.5) is 0 Å². The maximum atomic E-state index is 13.7. The molecule has 0 unspecified atom stereocenters. The Morgan fingerprint density at radius 2 is 2.03 bits per heavy atom. The lowest BCUT2D eigenvalue weighted by Gasteiger charge is -2.15. The molecule has 1 saturated heterocycles. The molecular formula is C28H30N4O4. The minimum absolute atomic E-state index is 0.0210. The highest BCUT2D eigenvalue weighted by molar-refractivity contribution is 5.90. The molecule has 1 atom stereocenters. The molecule has 0 aliphatic carbocycles. The third-order valence-electron chi connectivity index (χ3n) is 6.18. The van der Waals surface area contributed by atoms with Crippen LogP contribution in [0.5, 0.6) is 11.5 Å². The van der Waals surface area contributed by atoms with E-state index in [1.54, 1.807) is 42.3 Å². The van der Waals surface area contributed by atoms with E-state index in [1.807, 2.05) is 41.8 Å². The lowest BCUT2D eigenvalue weighted by atomic mass is 10.2. The largest absolute Gasteiger partial charge is 0.497 e. The molecular weight excluding hydrogens is 456 g/mol. The fourth-order valence-electron chi connectivity index (χ4n) is 4.45. The lowest BCUT2D eigenvalue weighted by Crippen LogP contribution is -2.31. The summed E-state index contributed by atoms with van der Waals surface area (Å²) in [4.78, 5) is 31.9. The van der Waals surface area contributed by atoms with Crippen molar-refractivity contribution in [2.45, 2.75) is 19.4 Å². The maximum absolute atomic E-state index is 13.7. The third-order valence-corrected chi connectivity index (χ3v) is 6.18. The van der Waals surface area contributed by atoms with Gasteiger partial charge in [-0.15, -0.1) is 0 Å². The van der Waals surface area contributed by atoms with Gasteiger partial charge in [0.05, 0.1) is 36.9 Å². The molecule has 0 amide bonds. The standard InChI is InChI=1S/C28H30N4O4/c1-5-21(11-10-20(3)36-25-9-7-8-24(16-25)35-4)31-27-17-29-14-12-26(27)32(28(31)34)22-13-15-30(18-22)19-23(33)6-2/h5-12,14,16-17,22H,2-3,13,15,18-19H2,1,4H3/b11-10-,21-5+/t22-/m1/s1. The van der Waals surface area contributed by atoms with Gasteiger partial charge in [-0.1, -0.05) is 25.3 Å². The van der Waals surface area contributed by atoms with Gasteiger partial charge < -0.3 is 9.47 Å². The highest BCUT2D eigenvalue weighted by atomic mass is 16.5.